The Hall–Kier alpha value is -0.610. The van der Waals surface area contributed by atoms with Gasteiger partial charge in [-0.15, -0.1) is 0 Å². The van der Waals surface area contributed by atoms with Crippen LogP contribution in [0.1, 0.15) is 53.4 Å². The van der Waals surface area contributed by atoms with E-state index in [4.69, 9.17) is 4.74 Å². The number of nitrogens with zero attached hydrogens (tertiary/aromatic N) is 1. The van der Waals surface area contributed by atoms with Gasteiger partial charge in [0.2, 0.25) is 0 Å². The van der Waals surface area contributed by atoms with Crippen molar-refractivity contribution in [1.29, 1.82) is 0 Å². The molecule has 0 aliphatic carbocycles. The third-order valence-corrected chi connectivity index (χ3v) is 4.08. The summed E-state index contributed by atoms with van der Waals surface area (Å²) in [5.74, 6) is -0.137. The van der Waals surface area contributed by atoms with Gasteiger partial charge in [0.25, 0.3) is 0 Å². The first-order chi connectivity index (χ1) is 8.87. The minimum atomic E-state index is -0.403. The smallest absolute Gasteiger partial charge is 0.323 e. The van der Waals surface area contributed by atoms with E-state index in [0.29, 0.717) is 12.1 Å². The average molecular weight is 268 g/mol. The standard InChI is InChI=1S/C15H28N2O2/c1-11(14(18)19-15(2,3)4)16-12-8-10-17-9-6-5-7-13(12)17/h11-13,16H,5-10H2,1-4H3. The molecule has 0 spiro atoms. The molecule has 0 bridgehead atoms. The van der Waals surface area contributed by atoms with Gasteiger partial charge >= 0.3 is 5.97 Å². The zero-order chi connectivity index (χ0) is 14.0. The van der Waals surface area contributed by atoms with Crippen molar-refractivity contribution in [2.24, 2.45) is 0 Å². The number of nitrogens with one attached hydrogen (secondary N) is 1. The number of hydrogen-bond donors (Lipinski definition) is 1. The molecular formula is C15H28N2O2. The molecule has 4 nitrogen and oxygen atoms in total. The van der Waals surface area contributed by atoms with Crippen LogP contribution in [0.4, 0.5) is 0 Å². The summed E-state index contributed by atoms with van der Waals surface area (Å²) in [7, 11) is 0. The van der Waals surface area contributed by atoms with Crippen LogP contribution in [0.25, 0.3) is 0 Å². The minimum Gasteiger partial charge on any atom is -0.459 e. The van der Waals surface area contributed by atoms with Crippen molar-refractivity contribution < 1.29 is 9.53 Å². The molecule has 0 amide bonds. The largest absolute Gasteiger partial charge is 0.459 e. The van der Waals surface area contributed by atoms with Crippen LogP contribution in [-0.4, -0.2) is 47.7 Å². The lowest BCUT2D eigenvalue weighted by molar-refractivity contribution is -0.157. The Bertz CT molecular complexity index is 325. The summed E-state index contributed by atoms with van der Waals surface area (Å²) in [5, 5.41) is 3.48. The van der Waals surface area contributed by atoms with Gasteiger partial charge in [0, 0.05) is 18.6 Å². The zero-order valence-electron chi connectivity index (χ0n) is 12.7. The first kappa shape index (κ1) is 14.8. The summed E-state index contributed by atoms with van der Waals surface area (Å²) in [4.78, 5) is 14.6. The molecule has 19 heavy (non-hydrogen) atoms. The van der Waals surface area contributed by atoms with Crippen LogP contribution in [-0.2, 0) is 9.53 Å². The van der Waals surface area contributed by atoms with E-state index in [0.717, 1.165) is 6.42 Å². The van der Waals surface area contributed by atoms with Crippen molar-refractivity contribution in [3.05, 3.63) is 0 Å². The van der Waals surface area contributed by atoms with Gasteiger partial charge in [0.1, 0.15) is 11.6 Å². The van der Waals surface area contributed by atoms with Crippen molar-refractivity contribution in [2.75, 3.05) is 13.1 Å². The van der Waals surface area contributed by atoms with Crippen LogP contribution < -0.4 is 5.32 Å². The van der Waals surface area contributed by atoms with E-state index in [1.54, 1.807) is 0 Å². The summed E-state index contributed by atoms with van der Waals surface area (Å²) in [6, 6.07) is 0.854. The molecule has 110 valence electrons. The normalized spacial score (nSPS) is 29.9. The van der Waals surface area contributed by atoms with Gasteiger partial charge in [-0.1, -0.05) is 6.42 Å². The topological polar surface area (TPSA) is 41.6 Å². The number of carbonyl (C=O) groups excluding carboxylic acids is 1. The fourth-order valence-corrected chi connectivity index (χ4v) is 3.22. The molecule has 2 rings (SSSR count). The number of esters is 1. The summed E-state index contributed by atoms with van der Waals surface area (Å²) in [6.45, 7) is 10.1. The van der Waals surface area contributed by atoms with E-state index in [2.05, 4.69) is 10.2 Å². The van der Waals surface area contributed by atoms with Crippen molar-refractivity contribution in [2.45, 2.75) is 77.1 Å². The van der Waals surface area contributed by atoms with Crippen molar-refractivity contribution in [3.8, 4) is 0 Å². The van der Waals surface area contributed by atoms with Crippen molar-refractivity contribution in [3.63, 3.8) is 0 Å². The predicted molar refractivity (Wildman–Crippen MR) is 76.1 cm³/mol. The fraction of sp³-hybridized carbons (Fsp3) is 0.933. The molecule has 0 saturated carbocycles. The molecule has 2 aliphatic heterocycles. The lowest BCUT2D eigenvalue weighted by Crippen LogP contribution is -2.50. The second-order valence-corrected chi connectivity index (χ2v) is 6.92. The number of hydrogen-bond acceptors (Lipinski definition) is 4. The highest BCUT2D eigenvalue weighted by Gasteiger charge is 2.37. The molecule has 2 fully saturated rings. The Labute approximate surface area is 116 Å². The summed E-state index contributed by atoms with van der Waals surface area (Å²) in [6.07, 6.45) is 5.06. The van der Waals surface area contributed by atoms with Gasteiger partial charge in [-0.2, -0.15) is 0 Å². The molecular weight excluding hydrogens is 240 g/mol. The van der Waals surface area contributed by atoms with Crippen LogP contribution in [0.2, 0.25) is 0 Å². The maximum Gasteiger partial charge on any atom is 0.323 e. The highest BCUT2D eigenvalue weighted by molar-refractivity contribution is 5.75. The molecule has 4 heteroatoms. The number of carbonyl (C=O) groups is 1. The van der Waals surface area contributed by atoms with Gasteiger partial charge in [0.05, 0.1) is 0 Å². The maximum absolute atomic E-state index is 12.0. The van der Waals surface area contributed by atoms with Crippen LogP contribution >= 0.6 is 0 Å². The van der Waals surface area contributed by atoms with Crippen molar-refractivity contribution >= 4 is 5.97 Å². The Kier molecular flexibility index (Phi) is 4.51. The Balaban J connectivity index is 1.85. The Morgan fingerprint density at radius 1 is 1.26 bits per heavy atom. The third-order valence-electron chi connectivity index (χ3n) is 4.08. The maximum atomic E-state index is 12.0. The lowest BCUT2D eigenvalue weighted by Gasteiger charge is -2.33. The van der Waals surface area contributed by atoms with E-state index >= 15 is 0 Å². The quantitative estimate of drug-likeness (QED) is 0.794. The van der Waals surface area contributed by atoms with Gasteiger partial charge in [-0.3, -0.25) is 9.69 Å². The molecule has 1 N–H and O–H groups in total. The van der Waals surface area contributed by atoms with E-state index < -0.39 is 5.60 Å². The average Bonchev–Trinajstić information content (AvgIpc) is 2.70. The van der Waals surface area contributed by atoms with Crippen LogP contribution in [0.15, 0.2) is 0 Å². The van der Waals surface area contributed by atoms with Gasteiger partial charge in [-0.05, 0) is 53.5 Å². The van der Waals surface area contributed by atoms with Crippen LogP contribution in [0.3, 0.4) is 0 Å². The number of rotatable bonds is 3. The highest BCUT2D eigenvalue weighted by atomic mass is 16.6. The summed E-state index contributed by atoms with van der Waals surface area (Å²) in [5.41, 5.74) is -0.403. The number of ether oxygens (including phenoxy) is 1. The minimum absolute atomic E-state index is 0.137. The molecule has 2 saturated heterocycles. The number of fused-ring (bicyclic) bond motifs is 1. The van der Waals surface area contributed by atoms with E-state index in [1.165, 1.54) is 32.4 Å². The van der Waals surface area contributed by atoms with E-state index in [9.17, 15) is 4.79 Å². The van der Waals surface area contributed by atoms with E-state index in [-0.39, 0.29) is 12.0 Å². The SMILES string of the molecule is CC(NC1CCN2CCCCC12)C(=O)OC(C)(C)C. The molecule has 3 atom stereocenters. The van der Waals surface area contributed by atoms with Crippen molar-refractivity contribution in [1.82, 2.24) is 10.2 Å². The second-order valence-electron chi connectivity index (χ2n) is 6.92. The zero-order valence-corrected chi connectivity index (χ0v) is 12.7. The predicted octanol–water partition coefficient (Wildman–Crippen LogP) is 1.93. The Morgan fingerprint density at radius 3 is 2.68 bits per heavy atom. The molecule has 2 aliphatic rings. The van der Waals surface area contributed by atoms with Gasteiger partial charge < -0.3 is 10.1 Å². The van der Waals surface area contributed by atoms with Crippen LogP contribution in [0.5, 0.6) is 0 Å². The molecule has 0 aromatic carbocycles. The molecule has 2 heterocycles. The molecule has 0 aromatic heterocycles. The second kappa shape index (κ2) is 5.80. The first-order valence-electron chi connectivity index (χ1n) is 7.60. The molecule has 3 unspecified atom stereocenters. The first-order valence-corrected chi connectivity index (χ1v) is 7.60. The lowest BCUT2D eigenvalue weighted by atomic mass is 9.98. The fourth-order valence-electron chi connectivity index (χ4n) is 3.22. The summed E-state index contributed by atoms with van der Waals surface area (Å²) < 4.78 is 5.43. The van der Waals surface area contributed by atoms with Gasteiger partial charge in [-0.25, -0.2) is 0 Å². The third kappa shape index (κ3) is 3.93. The monoisotopic (exact) mass is 268 g/mol. The molecule has 0 aromatic rings. The number of piperidine rings is 1. The van der Waals surface area contributed by atoms with Gasteiger partial charge in [0.15, 0.2) is 0 Å². The van der Waals surface area contributed by atoms with Crippen LogP contribution in [0, 0.1) is 0 Å². The highest BCUT2D eigenvalue weighted by Crippen LogP contribution is 2.27. The molecule has 0 radical (unpaired) electrons. The van der Waals surface area contributed by atoms with E-state index in [1.807, 2.05) is 27.7 Å². The summed E-state index contributed by atoms with van der Waals surface area (Å²) >= 11 is 0. The Morgan fingerprint density at radius 2 is 2.00 bits per heavy atom.